The number of carbonyl (C=O) groups excluding carboxylic acids is 1. The van der Waals surface area contributed by atoms with Gasteiger partial charge < -0.3 is 20.2 Å². The topological polar surface area (TPSA) is 55.8 Å². The molecule has 0 radical (unpaired) electrons. The molecular weight excluding hydrogens is 385 g/mol. The van der Waals surface area contributed by atoms with Crippen LogP contribution in [-0.4, -0.2) is 60.3 Å². The zero-order chi connectivity index (χ0) is 20.1. The number of urea groups is 1. The van der Waals surface area contributed by atoms with Gasteiger partial charge in [0, 0.05) is 18.7 Å². The average Bonchev–Trinajstić information content (AvgIpc) is 2.62. The number of aliphatic hydroxyl groups excluding tert-OH is 1. The second kappa shape index (κ2) is 9.66. The Morgan fingerprint density at radius 1 is 1.30 bits per heavy atom. The third-order valence-electron chi connectivity index (χ3n) is 4.89. The molecule has 0 aliphatic carbocycles. The number of likely N-dealkylation sites (tertiary alicyclic amines) is 1. The zero-order valence-electron chi connectivity index (χ0n) is 16.2. The first-order chi connectivity index (χ1) is 12.7. The summed E-state index contributed by atoms with van der Waals surface area (Å²) in [5, 5.41) is 13.0. The van der Waals surface area contributed by atoms with Crippen LogP contribution in [0.25, 0.3) is 0 Å². The molecule has 0 saturated carbocycles. The molecule has 0 bridgehead atoms. The highest BCUT2D eigenvalue weighted by molar-refractivity contribution is 6.43. The lowest BCUT2D eigenvalue weighted by atomic mass is 10.0. The summed E-state index contributed by atoms with van der Waals surface area (Å²) in [7, 11) is 3.93. The lowest BCUT2D eigenvalue weighted by molar-refractivity contribution is 0.146. The third kappa shape index (κ3) is 5.76. The molecule has 1 fully saturated rings. The number of rotatable bonds is 3. The number of benzene rings is 1. The van der Waals surface area contributed by atoms with Gasteiger partial charge in [-0.15, -0.1) is 0 Å². The van der Waals surface area contributed by atoms with Gasteiger partial charge in [0.2, 0.25) is 0 Å². The fourth-order valence-electron chi connectivity index (χ4n) is 3.09. The van der Waals surface area contributed by atoms with Crippen LogP contribution in [0.1, 0.15) is 43.9 Å². The number of amides is 2. The monoisotopic (exact) mass is 411 g/mol. The summed E-state index contributed by atoms with van der Waals surface area (Å²) in [6, 6.07) is 3.38. The lowest BCUT2D eigenvalue weighted by Crippen LogP contribution is -2.48. The first-order valence-corrected chi connectivity index (χ1v) is 9.85. The van der Waals surface area contributed by atoms with Crippen molar-refractivity contribution in [3.63, 3.8) is 0 Å². The minimum atomic E-state index is -0.743. The van der Waals surface area contributed by atoms with Crippen molar-refractivity contribution in [1.29, 1.82) is 0 Å². The number of piperidine rings is 1. The van der Waals surface area contributed by atoms with Crippen LogP contribution in [0, 0.1) is 11.8 Å². The van der Waals surface area contributed by atoms with Gasteiger partial charge in [0.05, 0.1) is 16.1 Å². The number of nitrogens with one attached hydrogen (secondary N) is 1. The molecule has 5 nitrogen and oxygen atoms in total. The van der Waals surface area contributed by atoms with Gasteiger partial charge in [-0.3, -0.25) is 0 Å². The van der Waals surface area contributed by atoms with Crippen LogP contribution in [0.5, 0.6) is 0 Å². The molecule has 0 aromatic heterocycles. The van der Waals surface area contributed by atoms with Gasteiger partial charge in [0.15, 0.2) is 0 Å². The predicted molar refractivity (Wildman–Crippen MR) is 110 cm³/mol. The van der Waals surface area contributed by atoms with Crippen molar-refractivity contribution in [3.05, 3.63) is 33.3 Å². The van der Waals surface area contributed by atoms with E-state index in [2.05, 4.69) is 29.1 Å². The minimum absolute atomic E-state index is 0.123. The van der Waals surface area contributed by atoms with E-state index in [0.717, 1.165) is 31.5 Å². The molecule has 0 spiro atoms. The summed E-state index contributed by atoms with van der Waals surface area (Å²) in [5.74, 6) is 5.46. The van der Waals surface area contributed by atoms with Crippen LogP contribution in [0.2, 0.25) is 10.0 Å². The summed E-state index contributed by atoms with van der Waals surface area (Å²) < 4.78 is 0. The second-order valence-corrected chi connectivity index (χ2v) is 7.85. The number of nitrogens with zero attached hydrogens (tertiary/aromatic N) is 2. The maximum atomic E-state index is 12.6. The summed E-state index contributed by atoms with van der Waals surface area (Å²) in [6.45, 7) is 5.44. The SMILES string of the molecule is CC(O)C#Cc1ccc(C(C)NC(=O)N(C)C2CCN(C)CC2)c(Cl)c1Cl. The minimum Gasteiger partial charge on any atom is -0.381 e. The van der Waals surface area contributed by atoms with Crippen molar-refractivity contribution in [2.45, 2.75) is 44.9 Å². The van der Waals surface area contributed by atoms with Gasteiger partial charge in [-0.25, -0.2) is 4.79 Å². The van der Waals surface area contributed by atoms with E-state index in [4.69, 9.17) is 23.2 Å². The summed E-state index contributed by atoms with van der Waals surface area (Å²) >= 11 is 12.7. The maximum absolute atomic E-state index is 12.6. The van der Waals surface area contributed by atoms with Crippen LogP contribution in [0.4, 0.5) is 4.79 Å². The molecule has 1 saturated heterocycles. The number of carbonyl (C=O) groups is 1. The van der Waals surface area contributed by atoms with E-state index in [-0.39, 0.29) is 18.1 Å². The Morgan fingerprint density at radius 2 is 1.93 bits per heavy atom. The van der Waals surface area contributed by atoms with E-state index in [1.807, 2.05) is 14.0 Å². The molecule has 2 N–H and O–H groups in total. The first-order valence-electron chi connectivity index (χ1n) is 9.10. The van der Waals surface area contributed by atoms with Crippen LogP contribution in [-0.2, 0) is 0 Å². The molecule has 1 aliphatic rings. The Labute approximate surface area is 171 Å². The zero-order valence-corrected chi connectivity index (χ0v) is 17.7. The highest BCUT2D eigenvalue weighted by atomic mass is 35.5. The molecule has 2 amide bonds. The molecule has 2 unspecified atom stereocenters. The van der Waals surface area contributed by atoms with E-state index in [1.54, 1.807) is 24.0 Å². The average molecular weight is 412 g/mol. The fraction of sp³-hybridized carbons (Fsp3) is 0.550. The highest BCUT2D eigenvalue weighted by Gasteiger charge is 2.25. The van der Waals surface area contributed by atoms with Gasteiger partial charge >= 0.3 is 6.03 Å². The van der Waals surface area contributed by atoms with Crippen molar-refractivity contribution in [1.82, 2.24) is 15.1 Å². The molecular formula is C20H27Cl2N3O2. The highest BCUT2D eigenvalue weighted by Crippen LogP contribution is 2.32. The largest absolute Gasteiger partial charge is 0.381 e. The Bertz CT molecular complexity index is 735. The maximum Gasteiger partial charge on any atom is 0.317 e. The molecule has 1 aromatic carbocycles. The number of aliphatic hydroxyl groups is 1. The quantitative estimate of drug-likeness (QED) is 0.747. The smallest absolute Gasteiger partial charge is 0.317 e. The first kappa shape index (κ1) is 21.8. The molecule has 148 valence electrons. The molecule has 27 heavy (non-hydrogen) atoms. The van der Waals surface area contributed by atoms with Crippen molar-refractivity contribution in [2.24, 2.45) is 0 Å². The van der Waals surface area contributed by atoms with Gasteiger partial charge in [-0.2, -0.15) is 0 Å². The van der Waals surface area contributed by atoms with Crippen LogP contribution in [0.3, 0.4) is 0 Å². The number of halogens is 2. The molecule has 2 atom stereocenters. The predicted octanol–water partition coefficient (Wildman–Crippen LogP) is 3.52. The van der Waals surface area contributed by atoms with Gasteiger partial charge in [0.25, 0.3) is 0 Å². The van der Waals surface area contributed by atoms with Crippen LogP contribution >= 0.6 is 23.2 Å². The number of hydrogen-bond donors (Lipinski definition) is 2. The Morgan fingerprint density at radius 3 is 2.52 bits per heavy atom. The molecule has 1 heterocycles. The van der Waals surface area contributed by atoms with E-state index in [9.17, 15) is 9.90 Å². The van der Waals surface area contributed by atoms with Gasteiger partial charge in [-0.05, 0) is 58.5 Å². The molecule has 7 heteroatoms. The summed E-state index contributed by atoms with van der Waals surface area (Å²) in [4.78, 5) is 16.7. The van der Waals surface area contributed by atoms with E-state index in [1.165, 1.54) is 0 Å². The Kier molecular flexibility index (Phi) is 7.81. The standard InChI is InChI=1S/C20H27Cl2N3O2/c1-13(26)5-6-15-7-8-17(19(22)18(15)21)14(2)23-20(27)25(4)16-9-11-24(3)12-10-16/h7-8,13-14,16,26H,9-12H2,1-4H3,(H,23,27). The van der Waals surface area contributed by atoms with Gasteiger partial charge in [-0.1, -0.05) is 41.1 Å². The Hall–Kier alpha value is -1.45. The van der Waals surface area contributed by atoms with E-state index >= 15 is 0 Å². The number of hydrogen-bond acceptors (Lipinski definition) is 3. The molecule has 1 aromatic rings. The van der Waals surface area contributed by atoms with Crippen molar-refractivity contribution >= 4 is 29.2 Å². The second-order valence-electron chi connectivity index (χ2n) is 7.09. The van der Waals surface area contributed by atoms with Gasteiger partial charge in [0.1, 0.15) is 6.10 Å². The van der Waals surface area contributed by atoms with E-state index in [0.29, 0.717) is 15.6 Å². The lowest BCUT2D eigenvalue weighted by Gasteiger charge is -2.35. The fourth-order valence-corrected chi connectivity index (χ4v) is 3.64. The van der Waals surface area contributed by atoms with Crippen LogP contribution in [0.15, 0.2) is 12.1 Å². The van der Waals surface area contributed by atoms with Crippen molar-refractivity contribution in [2.75, 3.05) is 27.2 Å². The normalized spacial score (nSPS) is 17.6. The summed E-state index contributed by atoms with van der Waals surface area (Å²) in [6.07, 6.45) is 1.20. The molecule has 2 rings (SSSR count). The Balaban J connectivity index is 2.07. The van der Waals surface area contributed by atoms with Crippen LogP contribution < -0.4 is 5.32 Å². The third-order valence-corrected chi connectivity index (χ3v) is 5.79. The van der Waals surface area contributed by atoms with Crippen molar-refractivity contribution in [3.8, 4) is 11.8 Å². The molecule has 1 aliphatic heterocycles. The van der Waals surface area contributed by atoms with E-state index < -0.39 is 6.10 Å². The summed E-state index contributed by atoms with van der Waals surface area (Å²) in [5.41, 5.74) is 1.28. The van der Waals surface area contributed by atoms with Crippen molar-refractivity contribution < 1.29 is 9.90 Å².